The van der Waals surface area contributed by atoms with Gasteiger partial charge in [0.15, 0.2) is 0 Å². The molecule has 42 heavy (non-hydrogen) atoms. The summed E-state index contributed by atoms with van der Waals surface area (Å²) in [5.41, 5.74) is 5.75. The monoisotopic (exact) mass is 584 g/mol. The second-order valence-electron chi connectivity index (χ2n) is 10.8. The van der Waals surface area contributed by atoms with Crippen molar-refractivity contribution in [3.8, 4) is 11.1 Å². The summed E-state index contributed by atoms with van der Waals surface area (Å²) in [6.07, 6.45) is 3.80. The number of unbranched alkanes of at least 4 members (excludes halogenated alkanes) is 1. The SMILES string of the molecule is CCCC[C@@H](C(=O)N[C@@H](CC(=O)O)c1ccc(-c2ccccc2)cc1)n1cc(C)cc(Cc2c(C)cccc2Cl)c1=O. The first kappa shape index (κ1) is 30.8. The number of hydrogen-bond acceptors (Lipinski definition) is 3. The van der Waals surface area contributed by atoms with Crippen molar-refractivity contribution in [3.63, 3.8) is 0 Å². The molecule has 0 saturated carbocycles. The first-order valence-corrected chi connectivity index (χ1v) is 14.7. The van der Waals surface area contributed by atoms with E-state index in [1.807, 2.05) is 99.6 Å². The van der Waals surface area contributed by atoms with Gasteiger partial charge in [-0.25, -0.2) is 0 Å². The van der Waals surface area contributed by atoms with Crippen LogP contribution in [0, 0.1) is 13.8 Å². The molecular formula is C35H37ClN2O4. The Kier molecular flexibility index (Phi) is 10.4. The van der Waals surface area contributed by atoms with Crippen LogP contribution < -0.4 is 10.9 Å². The van der Waals surface area contributed by atoms with E-state index in [4.69, 9.17) is 11.6 Å². The van der Waals surface area contributed by atoms with Crippen molar-refractivity contribution in [2.75, 3.05) is 0 Å². The fourth-order valence-corrected chi connectivity index (χ4v) is 5.57. The number of carboxylic acid groups (broad SMARTS) is 1. The highest BCUT2D eigenvalue weighted by atomic mass is 35.5. The van der Waals surface area contributed by atoms with Crippen LogP contribution in [-0.2, 0) is 16.0 Å². The number of hydrogen-bond donors (Lipinski definition) is 2. The first-order chi connectivity index (χ1) is 20.2. The van der Waals surface area contributed by atoms with E-state index in [-0.39, 0.29) is 17.9 Å². The smallest absolute Gasteiger partial charge is 0.305 e. The average Bonchev–Trinajstić information content (AvgIpc) is 2.97. The molecule has 218 valence electrons. The lowest BCUT2D eigenvalue weighted by atomic mass is 9.98. The topological polar surface area (TPSA) is 88.4 Å². The van der Waals surface area contributed by atoms with Crippen LogP contribution in [0.1, 0.15) is 72.5 Å². The van der Waals surface area contributed by atoms with E-state index in [1.54, 1.807) is 6.20 Å². The molecule has 1 heterocycles. The van der Waals surface area contributed by atoms with Crippen molar-refractivity contribution >= 4 is 23.5 Å². The number of pyridine rings is 1. The molecule has 2 N–H and O–H groups in total. The van der Waals surface area contributed by atoms with E-state index < -0.39 is 18.1 Å². The van der Waals surface area contributed by atoms with Crippen LogP contribution in [0.5, 0.6) is 0 Å². The number of aryl methyl sites for hydroxylation is 2. The van der Waals surface area contributed by atoms with Crippen LogP contribution in [0.3, 0.4) is 0 Å². The molecule has 0 aliphatic heterocycles. The minimum absolute atomic E-state index is 0.252. The van der Waals surface area contributed by atoms with E-state index in [1.165, 1.54) is 4.57 Å². The van der Waals surface area contributed by atoms with Gasteiger partial charge in [-0.05, 0) is 65.8 Å². The number of rotatable bonds is 12. The third-order valence-corrected chi connectivity index (χ3v) is 7.91. The normalized spacial score (nSPS) is 12.5. The maximum atomic E-state index is 13.9. The summed E-state index contributed by atoms with van der Waals surface area (Å²) in [6, 6.07) is 23.4. The molecule has 0 aliphatic rings. The lowest BCUT2D eigenvalue weighted by Crippen LogP contribution is -2.40. The zero-order chi connectivity index (χ0) is 30.2. The van der Waals surface area contributed by atoms with Crippen LogP contribution in [0.25, 0.3) is 11.1 Å². The molecule has 1 amide bonds. The van der Waals surface area contributed by atoms with Gasteiger partial charge in [-0.3, -0.25) is 14.4 Å². The predicted molar refractivity (Wildman–Crippen MR) is 168 cm³/mol. The zero-order valence-corrected chi connectivity index (χ0v) is 25.0. The van der Waals surface area contributed by atoms with E-state index in [0.29, 0.717) is 29.0 Å². The van der Waals surface area contributed by atoms with Crippen LogP contribution in [0.15, 0.2) is 89.9 Å². The predicted octanol–water partition coefficient (Wildman–Crippen LogP) is 7.44. The Morgan fingerprint density at radius 2 is 1.64 bits per heavy atom. The van der Waals surface area contributed by atoms with Gasteiger partial charge in [-0.15, -0.1) is 0 Å². The number of halogens is 1. The van der Waals surface area contributed by atoms with Gasteiger partial charge >= 0.3 is 5.97 Å². The molecule has 0 bridgehead atoms. The van der Waals surface area contributed by atoms with Gasteiger partial charge in [0.05, 0.1) is 12.5 Å². The summed E-state index contributed by atoms with van der Waals surface area (Å²) in [6.45, 7) is 5.89. The number of benzene rings is 3. The van der Waals surface area contributed by atoms with Gasteiger partial charge in [0.25, 0.3) is 5.56 Å². The van der Waals surface area contributed by atoms with Crippen molar-refractivity contribution in [1.29, 1.82) is 0 Å². The lowest BCUT2D eigenvalue weighted by molar-refractivity contribution is -0.137. The maximum absolute atomic E-state index is 13.9. The number of carbonyl (C=O) groups excluding carboxylic acids is 1. The van der Waals surface area contributed by atoms with Crippen LogP contribution in [-0.4, -0.2) is 21.6 Å². The Bertz CT molecular complexity index is 1580. The number of carboxylic acids is 1. The first-order valence-electron chi connectivity index (χ1n) is 14.3. The molecule has 0 fully saturated rings. The van der Waals surface area contributed by atoms with Crippen LogP contribution in [0.4, 0.5) is 0 Å². The minimum atomic E-state index is -1.03. The summed E-state index contributed by atoms with van der Waals surface area (Å²) >= 11 is 6.47. The van der Waals surface area contributed by atoms with Crippen LogP contribution >= 0.6 is 11.6 Å². The number of nitrogens with one attached hydrogen (secondary N) is 1. The molecule has 0 radical (unpaired) electrons. The number of amides is 1. The molecule has 7 heteroatoms. The minimum Gasteiger partial charge on any atom is -0.481 e. The molecule has 2 atom stereocenters. The van der Waals surface area contributed by atoms with Crippen molar-refractivity contribution in [1.82, 2.24) is 9.88 Å². The number of nitrogens with zero attached hydrogens (tertiary/aromatic N) is 1. The van der Waals surface area contributed by atoms with Crippen molar-refractivity contribution < 1.29 is 14.7 Å². The fraction of sp³-hybridized carbons (Fsp3) is 0.286. The summed E-state index contributed by atoms with van der Waals surface area (Å²) < 4.78 is 1.51. The standard InChI is InChI=1S/C35H37ClN2O4/c1-4-5-14-32(38-22-23(2)19-28(35(38)42)20-29-24(3)10-9-13-30(29)36)34(41)37-31(21-33(39)40)27-17-15-26(16-18-27)25-11-7-6-8-12-25/h6-13,15-19,22,31-32H,4-5,14,20-21H2,1-3H3,(H,37,41)(H,39,40)/t31-,32-/m0/s1. The van der Waals surface area contributed by atoms with E-state index in [9.17, 15) is 19.5 Å². The Labute approximate surface area is 252 Å². The molecule has 0 saturated heterocycles. The molecule has 0 unspecified atom stereocenters. The van der Waals surface area contributed by atoms with Gasteiger partial charge in [0, 0.05) is 23.2 Å². The second kappa shape index (κ2) is 14.1. The van der Waals surface area contributed by atoms with Gasteiger partial charge < -0.3 is 15.0 Å². The summed E-state index contributed by atoms with van der Waals surface area (Å²) in [5, 5.41) is 13.2. The van der Waals surface area contributed by atoms with Crippen LogP contribution in [0.2, 0.25) is 5.02 Å². The summed E-state index contributed by atoms with van der Waals surface area (Å²) in [5.74, 6) is -1.41. The lowest BCUT2D eigenvalue weighted by Gasteiger charge is -2.25. The van der Waals surface area contributed by atoms with E-state index >= 15 is 0 Å². The second-order valence-corrected chi connectivity index (χ2v) is 11.2. The van der Waals surface area contributed by atoms with Gasteiger partial charge in [0.2, 0.25) is 5.91 Å². The molecule has 1 aromatic heterocycles. The molecule has 0 aliphatic carbocycles. The Morgan fingerprint density at radius 1 is 0.952 bits per heavy atom. The highest BCUT2D eigenvalue weighted by Crippen LogP contribution is 2.26. The van der Waals surface area contributed by atoms with Crippen molar-refractivity contribution in [2.24, 2.45) is 0 Å². The molecular weight excluding hydrogens is 548 g/mol. The van der Waals surface area contributed by atoms with Crippen molar-refractivity contribution in [3.05, 3.63) is 128 Å². The van der Waals surface area contributed by atoms with Gasteiger partial charge in [-0.1, -0.05) is 98.1 Å². The Morgan fingerprint density at radius 3 is 2.29 bits per heavy atom. The fourth-order valence-electron chi connectivity index (χ4n) is 5.28. The van der Waals surface area contributed by atoms with Gasteiger partial charge in [0.1, 0.15) is 6.04 Å². The summed E-state index contributed by atoms with van der Waals surface area (Å²) in [7, 11) is 0. The Hall–Kier alpha value is -4.16. The third kappa shape index (κ3) is 7.56. The zero-order valence-electron chi connectivity index (χ0n) is 24.3. The highest BCUT2D eigenvalue weighted by molar-refractivity contribution is 6.31. The van der Waals surface area contributed by atoms with E-state index in [0.717, 1.165) is 40.7 Å². The quantitative estimate of drug-likeness (QED) is 0.181. The molecule has 4 rings (SSSR count). The average molecular weight is 585 g/mol. The molecule has 6 nitrogen and oxygen atoms in total. The van der Waals surface area contributed by atoms with E-state index in [2.05, 4.69) is 5.32 Å². The van der Waals surface area contributed by atoms with Gasteiger partial charge in [-0.2, -0.15) is 0 Å². The van der Waals surface area contributed by atoms with Crippen molar-refractivity contribution in [2.45, 2.75) is 65.0 Å². The largest absolute Gasteiger partial charge is 0.481 e. The molecule has 3 aromatic carbocycles. The maximum Gasteiger partial charge on any atom is 0.305 e. The Balaban J connectivity index is 1.66. The summed E-state index contributed by atoms with van der Waals surface area (Å²) in [4.78, 5) is 39.5. The molecule has 4 aromatic rings. The number of carbonyl (C=O) groups is 2. The molecule has 0 spiro atoms. The number of aromatic nitrogens is 1. The number of aliphatic carboxylic acids is 1. The highest BCUT2D eigenvalue weighted by Gasteiger charge is 2.27. The third-order valence-electron chi connectivity index (χ3n) is 7.56.